The Bertz CT molecular complexity index is 2090. The Morgan fingerprint density at radius 2 is 1.52 bits per heavy atom. The zero-order chi connectivity index (χ0) is 30.5. The molecule has 8 heteroatoms. The van der Waals surface area contributed by atoms with E-state index < -0.39 is 23.9 Å². The van der Waals surface area contributed by atoms with E-state index >= 15 is 0 Å². The minimum Gasteiger partial charge on any atom is -0.354 e. The SMILES string of the molecule is Cc1ccc(-c2[nH]c3ccccc3c2C2c3ccccc3C(=O)N2C(C)C(=O)NNC(=O)c2cc3cc(C)ccc3[nH]2)cc1. The molecular weight excluding hydrogens is 550 g/mol. The second kappa shape index (κ2) is 10.6. The number of hydrogen-bond acceptors (Lipinski definition) is 3. The summed E-state index contributed by atoms with van der Waals surface area (Å²) in [5, 5.41) is 1.87. The van der Waals surface area contributed by atoms with E-state index in [9.17, 15) is 14.4 Å². The molecule has 2 aromatic heterocycles. The van der Waals surface area contributed by atoms with Crippen molar-refractivity contribution in [1.29, 1.82) is 0 Å². The molecule has 2 atom stereocenters. The van der Waals surface area contributed by atoms with Crippen LogP contribution in [0.4, 0.5) is 0 Å². The lowest BCUT2D eigenvalue weighted by Gasteiger charge is -2.31. The lowest BCUT2D eigenvalue weighted by atomic mass is 9.92. The number of hydrogen-bond donors (Lipinski definition) is 4. The maximum Gasteiger partial charge on any atom is 0.286 e. The highest BCUT2D eigenvalue weighted by molar-refractivity contribution is 6.05. The van der Waals surface area contributed by atoms with E-state index in [0.717, 1.165) is 55.3 Å². The summed E-state index contributed by atoms with van der Waals surface area (Å²) >= 11 is 0. The van der Waals surface area contributed by atoms with Gasteiger partial charge in [0.25, 0.3) is 17.7 Å². The third kappa shape index (κ3) is 4.52. The zero-order valence-corrected chi connectivity index (χ0v) is 24.6. The number of aryl methyl sites for hydroxylation is 2. The number of hydrazine groups is 1. The van der Waals surface area contributed by atoms with Crippen LogP contribution in [-0.2, 0) is 4.79 Å². The van der Waals surface area contributed by atoms with E-state index in [2.05, 4.69) is 45.1 Å². The van der Waals surface area contributed by atoms with Gasteiger partial charge in [-0.2, -0.15) is 0 Å². The molecule has 0 fully saturated rings. The molecule has 2 unspecified atom stereocenters. The quantitative estimate of drug-likeness (QED) is 0.179. The van der Waals surface area contributed by atoms with Gasteiger partial charge in [-0.05, 0) is 62.2 Å². The molecule has 0 aliphatic carbocycles. The van der Waals surface area contributed by atoms with Gasteiger partial charge in [-0.15, -0.1) is 0 Å². The Kier molecular flexibility index (Phi) is 6.54. The smallest absolute Gasteiger partial charge is 0.286 e. The topological polar surface area (TPSA) is 110 Å². The number of H-pyrrole nitrogens is 2. The van der Waals surface area contributed by atoms with Crippen LogP contribution >= 0.6 is 0 Å². The average Bonchev–Trinajstić information content (AvgIpc) is 3.71. The van der Waals surface area contributed by atoms with Crippen LogP contribution in [0, 0.1) is 13.8 Å². The van der Waals surface area contributed by atoms with Crippen molar-refractivity contribution in [2.45, 2.75) is 32.9 Å². The van der Waals surface area contributed by atoms with Crippen LogP contribution < -0.4 is 10.9 Å². The summed E-state index contributed by atoms with van der Waals surface area (Å²) < 4.78 is 0. The van der Waals surface area contributed by atoms with Crippen molar-refractivity contribution in [3.05, 3.63) is 131 Å². The van der Waals surface area contributed by atoms with E-state index in [1.807, 2.05) is 74.5 Å². The minimum absolute atomic E-state index is 0.245. The van der Waals surface area contributed by atoms with Gasteiger partial charge in [-0.1, -0.05) is 77.9 Å². The largest absolute Gasteiger partial charge is 0.354 e. The molecule has 3 amide bonds. The molecule has 7 rings (SSSR count). The number of nitrogens with one attached hydrogen (secondary N) is 4. The molecule has 218 valence electrons. The van der Waals surface area contributed by atoms with E-state index in [1.165, 1.54) is 0 Å². The summed E-state index contributed by atoms with van der Waals surface area (Å²) in [7, 11) is 0. The van der Waals surface area contributed by atoms with Gasteiger partial charge in [-0.3, -0.25) is 25.2 Å². The Labute approximate surface area is 254 Å². The van der Waals surface area contributed by atoms with Crippen LogP contribution in [0.3, 0.4) is 0 Å². The van der Waals surface area contributed by atoms with E-state index in [-0.39, 0.29) is 5.91 Å². The first kappa shape index (κ1) is 27.2. The van der Waals surface area contributed by atoms with Crippen LogP contribution in [-0.4, -0.2) is 38.6 Å². The number of rotatable bonds is 5. The fourth-order valence-electron chi connectivity index (χ4n) is 6.22. The third-order valence-electron chi connectivity index (χ3n) is 8.48. The first-order chi connectivity index (χ1) is 21.3. The van der Waals surface area contributed by atoms with Crippen LogP contribution in [0.1, 0.15) is 56.1 Å². The highest BCUT2D eigenvalue weighted by atomic mass is 16.2. The molecular formula is C36H31N5O3. The van der Waals surface area contributed by atoms with Crippen molar-refractivity contribution in [2.24, 2.45) is 0 Å². The van der Waals surface area contributed by atoms with Gasteiger partial charge in [0.15, 0.2) is 0 Å². The third-order valence-corrected chi connectivity index (χ3v) is 8.48. The maximum atomic E-state index is 14.0. The van der Waals surface area contributed by atoms with Crippen molar-refractivity contribution < 1.29 is 14.4 Å². The second-order valence-electron chi connectivity index (χ2n) is 11.4. The van der Waals surface area contributed by atoms with Crippen LogP contribution in [0.2, 0.25) is 0 Å². The number of nitrogens with zero attached hydrogens (tertiary/aromatic N) is 1. The predicted octanol–water partition coefficient (Wildman–Crippen LogP) is 6.33. The first-order valence-electron chi connectivity index (χ1n) is 14.6. The molecule has 0 bridgehead atoms. The lowest BCUT2D eigenvalue weighted by Crippen LogP contribution is -2.52. The summed E-state index contributed by atoms with van der Waals surface area (Å²) in [6.45, 7) is 5.71. The van der Waals surface area contributed by atoms with E-state index in [1.54, 1.807) is 24.0 Å². The maximum absolute atomic E-state index is 14.0. The molecule has 0 radical (unpaired) electrons. The molecule has 0 saturated carbocycles. The number of fused-ring (bicyclic) bond motifs is 3. The fraction of sp³-hybridized carbons (Fsp3) is 0.139. The number of benzene rings is 4. The molecule has 3 heterocycles. The summed E-state index contributed by atoms with van der Waals surface area (Å²) in [5.74, 6) is -1.23. The molecule has 4 N–H and O–H groups in total. The van der Waals surface area contributed by atoms with E-state index in [4.69, 9.17) is 0 Å². The second-order valence-corrected chi connectivity index (χ2v) is 11.4. The molecule has 8 nitrogen and oxygen atoms in total. The summed E-state index contributed by atoms with van der Waals surface area (Å²) in [5.41, 5.74) is 13.6. The predicted molar refractivity (Wildman–Crippen MR) is 171 cm³/mol. The first-order valence-corrected chi connectivity index (χ1v) is 14.6. The van der Waals surface area contributed by atoms with Crippen molar-refractivity contribution in [2.75, 3.05) is 0 Å². The van der Waals surface area contributed by atoms with Crippen LogP contribution in [0.5, 0.6) is 0 Å². The number of para-hydroxylation sites is 1. The monoisotopic (exact) mass is 581 g/mol. The number of carbonyl (C=O) groups is 3. The summed E-state index contributed by atoms with van der Waals surface area (Å²) in [6, 6.07) is 29.9. The summed E-state index contributed by atoms with van der Waals surface area (Å²) in [4.78, 5) is 48.9. The van der Waals surface area contributed by atoms with Crippen LogP contribution in [0.15, 0.2) is 97.1 Å². The van der Waals surface area contributed by atoms with Crippen molar-refractivity contribution in [3.8, 4) is 11.3 Å². The molecule has 1 aliphatic heterocycles. The van der Waals surface area contributed by atoms with Crippen molar-refractivity contribution in [1.82, 2.24) is 25.7 Å². The Morgan fingerprint density at radius 1 is 0.795 bits per heavy atom. The van der Waals surface area contributed by atoms with Gasteiger partial charge < -0.3 is 14.9 Å². The molecule has 1 aliphatic rings. The number of amides is 3. The van der Waals surface area contributed by atoms with Gasteiger partial charge in [0.2, 0.25) is 0 Å². The highest BCUT2D eigenvalue weighted by Crippen LogP contribution is 2.46. The van der Waals surface area contributed by atoms with Gasteiger partial charge >= 0.3 is 0 Å². The number of aromatic nitrogens is 2. The Hall–Kier alpha value is -5.63. The molecule has 4 aromatic carbocycles. The lowest BCUT2D eigenvalue weighted by molar-refractivity contribution is -0.126. The fourth-order valence-corrected chi connectivity index (χ4v) is 6.22. The van der Waals surface area contributed by atoms with Gasteiger partial charge in [0.1, 0.15) is 11.7 Å². The molecule has 0 spiro atoms. The molecule has 0 saturated heterocycles. The number of carbonyl (C=O) groups excluding carboxylic acids is 3. The van der Waals surface area contributed by atoms with Crippen molar-refractivity contribution >= 4 is 39.5 Å². The van der Waals surface area contributed by atoms with Gasteiger partial charge in [0, 0.05) is 32.9 Å². The Morgan fingerprint density at radius 3 is 2.34 bits per heavy atom. The normalized spacial score (nSPS) is 15.0. The zero-order valence-electron chi connectivity index (χ0n) is 24.6. The highest BCUT2D eigenvalue weighted by Gasteiger charge is 2.44. The molecule has 6 aromatic rings. The van der Waals surface area contributed by atoms with E-state index in [0.29, 0.717) is 11.3 Å². The standard InChI is InChI=1S/C36H31N5O3/c1-20-12-15-23(16-13-20)32-31(27-10-6-7-11-29(27)38-32)33-25-8-4-5-9-26(25)36(44)41(33)22(3)34(42)39-40-35(43)30-19-24-18-21(2)14-17-28(24)37-30/h4-19,22,33,37-38H,1-3H3,(H,39,42)(H,40,43). The Balaban J connectivity index is 1.24. The minimum atomic E-state index is -0.912. The summed E-state index contributed by atoms with van der Waals surface area (Å²) in [6.07, 6.45) is 0. The van der Waals surface area contributed by atoms with Gasteiger partial charge in [0.05, 0.1) is 11.7 Å². The number of aromatic amines is 2. The molecule has 44 heavy (non-hydrogen) atoms. The van der Waals surface area contributed by atoms with Crippen LogP contribution in [0.25, 0.3) is 33.1 Å². The van der Waals surface area contributed by atoms with Crippen molar-refractivity contribution in [3.63, 3.8) is 0 Å². The van der Waals surface area contributed by atoms with Gasteiger partial charge in [-0.25, -0.2) is 0 Å². The average molecular weight is 582 g/mol.